The minimum absolute atomic E-state index is 0.0759. The number of rotatable bonds is 3. The van der Waals surface area contributed by atoms with E-state index in [-0.39, 0.29) is 17.2 Å². The van der Waals surface area contributed by atoms with Gasteiger partial charge in [-0.1, -0.05) is 40.9 Å². The summed E-state index contributed by atoms with van der Waals surface area (Å²) in [5, 5.41) is 0.855. The van der Waals surface area contributed by atoms with Gasteiger partial charge in [0, 0.05) is 22.0 Å². The van der Waals surface area contributed by atoms with E-state index in [0.717, 1.165) is 0 Å². The summed E-state index contributed by atoms with van der Waals surface area (Å²) in [6, 6.07) is 8.79. The highest BCUT2D eigenvalue weighted by Crippen LogP contribution is 2.23. The van der Waals surface area contributed by atoms with E-state index in [4.69, 9.17) is 34.8 Å². The van der Waals surface area contributed by atoms with Crippen LogP contribution < -0.4 is 0 Å². The summed E-state index contributed by atoms with van der Waals surface area (Å²) in [7, 11) is 0. The molecular weight excluding hydrogens is 310 g/mol. The first-order valence-electron chi connectivity index (χ1n) is 5.39. The van der Waals surface area contributed by atoms with Crippen LogP contribution in [0, 0.1) is 5.82 Å². The van der Waals surface area contributed by atoms with Crippen LogP contribution in [-0.2, 0) is 6.42 Å². The van der Waals surface area contributed by atoms with Gasteiger partial charge in [-0.25, -0.2) is 4.39 Å². The number of halogens is 4. The van der Waals surface area contributed by atoms with Crippen LogP contribution in [0.1, 0.15) is 15.9 Å². The molecule has 0 aliphatic heterocycles. The zero-order chi connectivity index (χ0) is 14.0. The van der Waals surface area contributed by atoms with Crippen LogP contribution in [0.5, 0.6) is 0 Å². The lowest BCUT2D eigenvalue weighted by Gasteiger charge is -2.05. The molecule has 0 radical (unpaired) electrons. The van der Waals surface area contributed by atoms with Gasteiger partial charge in [0.1, 0.15) is 5.82 Å². The first kappa shape index (κ1) is 14.3. The van der Waals surface area contributed by atoms with Crippen LogP contribution in [0.15, 0.2) is 36.4 Å². The molecule has 2 rings (SSSR count). The first-order chi connectivity index (χ1) is 8.97. The third-order valence-corrected chi connectivity index (χ3v) is 3.48. The van der Waals surface area contributed by atoms with E-state index in [1.165, 1.54) is 18.2 Å². The standard InChI is InChI=1S/C14H8Cl3FO/c15-10-3-1-8(11(16)7-10)6-14(19)9-2-4-13(18)12(17)5-9/h1-5,7H,6H2. The molecule has 0 atom stereocenters. The van der Waals surface area contributed by atoms with Crippen LogP contribution in [0.3, 0.4) is 0 Å². The Labute approximate surface area is 124 Å². The Morgan fingerprint density at radius 3 is 2.37 bits per heavy atom. The van der Waals surface area contributed by atoms with E-state index in [9.17, 15) is 9.18 Å². The fraction of sp³-hybridized carbons (Fsp3) is 0.0714. The van der Waals surface area contributed by atoms with Crippen molar-refractivity contribution < 1.29 is 9.18 Å². The number of hydrogen-bond donors (Lipinski definition) is 0. The molecule has 0 saturated carbocycles. The van der Waals surface area contributed by atoms with E-state index < -0.39 is 5.82 Å². The minimum atomic E-state index is -0.553. The lowest BCUT2D eigenvalue weighted by Crippen LogP contribution is -2.04. The van der Waals surface area contributed by atoms with Crippen molar-refractivity contribution in [1.82, 2.24) is 0 Å². The summed E-state index contributed by atoms with van der Waals surface area (Å²) >= 11 is 17.4. The van der Waals surface area contributed by atoms with Crippen molar-refractivity contribution >= 4 is 40.6 Å². The van der Waals surface area contributed by atoms with E-state index in [1.54, 1.807) is 18.2 Å². The molecule has 0 bridgehead atoms. The van der Waals surface area contributed by atoms with Gasteiger partial charge in [0.05, 0.1) is 5.02 Å². The molecule has 0 aliphatic rings. The fourth-order valence-corrected chi connectivity index (χ4v) is 2.27. The second-order valence-electron chi connectivity index (χ2n) is 3.96. The summed E-state index contributed by atoms with van der Waals surface area (Å²) in [5.41, 5.74) is 1.01. The number of ketones is 1. The van der Waals surface area contributed by atoms with Gasteiger partial charge in [-0.3, -0.25) is 4.79 Å². The molecule has 98 valence electrons. The van der Waals surface area contributed by atoms with Gasteiger partial charge in [-0.15, -0.1) is 0 Å². The number of carbonyl (C=O) groups excluding carboxylic acids is 1. The Morgan fingerprint density at radius 2 is 1.74 bits per heavy atom. The number of carbonyl (C=O) groups is 1. The average Bonchev–Trinajstić information content (AvgIpc) is 2.36. The van der Waals surface area contributed by atoms with Crippen molar-refractivity contribution in [2.24, 2.45) is 0 Å². The minimum Gasteiger partial charge on any atom is -0.294 e. The van der Waals surface area contributed by atoms with Gasteiger partial charge in [0.25, 0.3) is 0 Å². The maximum absolute atomic E-state index is 13.0. The highest BCUT2D eigenvalue weighted by Gasteiger charge is 2.12. The monoisotopic (exact) mass is 316 g/mol. The summed E-state index contributed by atoms with van der Waals surface area (Å²) < 4.78 is 13.0. The molecule has 0 aromatic heterocycles. The van der Waals surface area contributed by atoms with Crippen molar-refractivity contribution in [3.8, 4) is 0 Å². The fourth-order valence-electron chi connectivity index (χ4n) is 1.61. The number of Topliss-reactive ketones (excluding diaryl/α,β-unsaturated/α-hetero) is 1. The Hall–Kier alpha value is -1.09. The van der Waals surface area contributed by atoms with Crippen LogP contribution in [-0.4, -0.2) is 5.78 Å². The largest absolute Gasteiger partial charge is 0.294 e. The van der Waals surface area contributed by atoms with Crippen molar-refractivity contribution in [2.75, 3.05) is 0 Å². The van der Waals surface area contributed by atoms with E-state index in [1.807, 2.05) is 0 Å². The highest BCUT2D eigenvalue weighted by molar-refractivity contribution is 6.35. The maximum atomic E-state index is 13.0. The molecule has 0 saturated heterocycles. The summed E-state index contributed by atoms with van der Waals surface area (Å²) in [5.74, 6) is -0.742. The molecule has 0 heterocycles. The van der Waals surface area contributed by atoms with Gasteiger partial charge in [-0.05, 0) is 35.9 Å². The molecule has 0 fully saturated rings. The third-order valence-electron chi connectivity index (χ3n) is 2.61. The third kappa shape index (κ3) is 3.47. The van der Waals surface area contributed by atoms with E-state index in [0.29, 0.717) is 21.2 Å². The van der Waals surface area contributed by atoms with Crippen molar-refractivity contribution in [3.63, 3.8) is 0 Å². The first-order valence-corrected chi connectivity index (χ1v) is 6.53. The van der Waals surface area contributed by atoms with Crippen LogP contribution >= 0.6 is 34.8 Å². The Balaban J connectivity index is 2.23. The molecule has 0 unspecified atom stereocenters. The van der Waals surface area contributed by atoms with Gasteiger partial charge < -0.3 is 0 Å². The second kappa shape index (κ2) is 5.91. The van der Waals surface area contributed by atoms with Crippen molar-refractivity contribution in [2.45, 2.75) is 6.42 Å². The van der Waals surface area contributed by atoms with Crippen molar-refractivity contribution in [1.29, 1.82) is 0 Å². The Morgan fingerprint density at radius 1 is 1.00 bits per heavy atom. The van der Waals surface area contributed by atoms with Gasteiger partial charge in [0.15, 0.2) is 5.78 Å². The predicted molar refractivity (Wildman–Crippen MR) is 75.9 cm³/mol. The lowest BCUT2D eigenvalue weighted by atomic mass is 10.0. The van der Waals surface area contributed by atoms with Crippen LogP contribution in [0.2, 0.25) is 15.1 Å². The van der Waals surface area contributed by atoms with Gasteiger partial charge in [0.2, 0.25) is 0 Å². The number of benzene rings is 2. The highest BCUT2D eigenvalue weighted by atomic mass is 35.5. The molecule has 1 nitrogen and oxygen atoms in total. The summed E-state index contributed by atoms with van der Waals surface area (Å²) in [4.78, 5) is 12.0. The van der Waals surface area contributed by atoms with E-state index >= 15 is 0 Å². The quantitative estimate of drug-likeness (QED) is 0.710. The smallest absolute Gasteiger partial charge is 0.167 e. The average molecular weight is 318 g/mol. The van der Waals surface area contributed by atoms with Crippen LogP contribution in [0.4, 0.5) is 4.39 Å². The van der Waals surface area contributed by atoms with Crippen LogP contribution in [0.25, 0.3) is 0 Å². The van der Waals surface area contributed by atoms with Gasteiger partial charge in [-0.2, -0.15) is 0 Å². The Kier molecular flexibility index (Phi) is 4.46. The lowest BCUT2D eigenvalue weighted by molar-refractivity contribution is 0.0993. The van der Waals surface area contributed by atoms with Gasteiger partial charge >= 0.3 is 0 Å². The molecule has 19 heavy (non-hydrogen) atoms. The SMILES string of the molecule is O=C(Cc1ccc(Cl)cc1Cl)c1ccc(F)c(Cl)c1. The van der Waals surface area contributed by atoms with Crippen molar-refractivity contribution in [3.05, 3.63) is 68.4 Å². The molecule has 0 aliphatic carbocycles. The molecule has 0 spiro atoms. The predicted octanol–water partition coefficient (Wildman–Crippen LogP) is 5.21. The van der Waals surface area contributed by atoms with E-state index in [2.05, 4.69) is 0 Å². The number of hydrogen-bond acceptors (Lipinski definition) is 1. The molecule has 0 amide bonds. The Bertz CT molecular complexity index is 641. The summed E-state index contributed by atoms with van der Waals surface area (Å²) in [6.07, 6.45) is 0.109. The zero-order valence-corrected chi connectivity index (χ0v) is 11.9. The summed E-state index contributed by atoms with van der Waals surface area (Å²) in [6.45, 7) is 0. The topological polar surface area (TPSA) is 17.1 Å². The second-order valence-corrected chi connectivity index (χ2v) is 5.22. The molecule has 2 aromatic rings. The molecular formula is C14H8Cl3FO. The molecule has 5 heteroatoms. The molecule has 2 aromatic carbocycles. The molecule has 0 N–H and O–H groups in total. The normalized spacial score (nSPS) is 10.5. The maximum Gasteiger partial charge on any atom is 0.167 e. The zero-order valence-electron chi connectivity index (χ0n) is 9.59.